The van der Waals surface area contributed by atoms with Gasteiger partial charge in [-0.15, -0.1) is 0 Å². The molecule has 3 aromatic heterocycles. The van der Waals surface area contributed by atoms with E-state index in [1.165, 1.54) is 0 Å². The average Bonchev–Trinajstić information content (AvgIpc) is 2.59. The molecule has 0 aromatic carbocycles. The monoisotopic (exact) mass is 327 g/mol. The van der Waals surface area contributed by atoms with Crippen LogP contribution in [0.15, 0.2) is 53.7 Å². The summed E-state index contributed by atoms with van der Waals surface area (Å²) in [6.45, 7) is 0.824. The summed E-state index contributed by atoms with van der Waals surface area (Å²) in [5, 5.41) is 3.17. The largest absolute Gasteiger partial charge is 0.354 e. The molecule has 0 radical (unpaired) electrons. The number of anilines is 1. The Morgan fingerprint density at radius 1 is 1.17 bits per heavy atom. The second kappa shape index (κ2) is 7.73. The molecule has 0 aliphatic heterocycles. The van der Waals surface area contributed by atoms with Crippen molar-refractivity contribution in [2.75, 3.05) is 17.6 Å². The second-order valence-corrected chi connectivity index (χ2v) is 6.03. The average molecular weight is 327 g/mol. The smallest absolute Gasteiger partial charge is 0.258 e. The molecule has 3 rings (SSSR count). The standard InChI is InChI=1S/C16H17N5OS/c22-15-11-13(20-14-5-1-2-9-21(14)15)12-23-10-4-8-19-16-17-6-3-7-18-16/h1-3,5-7,9,11H,4,8,10,12H2,(H,17,18,19). The number of hydrogen-bond acceptors (Lipinski definition) is 6. The fourth-order valence-electron chi connectivity index (χ4n) is 2.12. The molecule has 0 unspecified atom stereocenters. The van der Waals surface area contributed by atoms with E-state index in [0.29, 0.717) is 11.6 Å². The van der Waals surface area contributed by atoms with E-state index in [-0.39, 0.29) is 5.56 Å². The lowest BCUT2D eigenvalue weighted by molar-refractivity contribution is 0.959. The van der Waals surface area contributed by atoms with Crippen molar-refractivity contribution in [2.24, 2.45) is 0 Å². The number of pyridine rings is 1. The molecule has 0 spiro atoms. The Labute approximate surface area is 138 Å². The minimum Gasteiger partial charge on any atom is -0.354 e. The van der Waals surface area contributed by atoms with Crippen molar-refractivity contribution in [3.8, 4) is 0 Å². The van der Waals surface area contributed by atoms with Crippen molar-refractivity contribution in [3.63, 3.8) is 0 Å². The van der Waals surface area contributed by atoms with Crippen LogP contribution in [0.4, 0.5) is 5.95 Å². The number of nitrogens with one attached hydrogen (secondary N) is 1. The van der Waals surface area contributed by atoms with Gasteiger partial charge in [0.25, 0.3) is 5.56 Å². The molecule has 3 heterocycles. The van der Waals surface area contributed by atoms with E-state index in [1.807, 2.05) is 18.2 Å². The topological polar surface area (TPSA) is 72.2 Å². The van der Waals surface area contributed by atoms with Crippen LogP contribution in [-0.4, -0.2) is 31.7 Å². The lowest BCUT2D eigenvalue weighted by Gasteiger charge is -2.05. The minimum absolute atomic E-state index is 0.0332. The summed E-state index contributed by atoms with van der Waals surface area (Å²) < 4.78 is 1.55. The first-order valence-corrected chi connectivity index (χ1v) is 8.54. The van der Waals surface area contributed by atoms with Crippen LogP contribution in [-0.2, 0) is 5.75 Å². The van der Waals surface area contributed by atoms with Crippen molar-refractivity contribution in [1.29, 1.82) is 0 Å². The summed E-state index contributed by atoms with van der Waals surface area (Å²) in [7, 11) is 0. The molecule has 0 saturated carbocycles. The van der Waals surface area contributed by atoms with E-state index in [2.05, 4.69) is 20.3 Å². The summed E-state index contributed by atoms with van der Waals surface area (Å²) >= 11 is 1.77. The highest BCUT2D eigenvalue weighted by molar-refractivity contribution is 7.98. The van der Waals surface area contributed by atoms with Crippen molar-refractivity contribution in [2.45, 2.75) is 12.2 Å². The van der Waals surface area contributed by atoms with Gasteiger partial charge in [-0.1, -0.05) is 6.07 Å². The first-order chi connectivity index (χ1) is 11.3. The van der Waals surface area contributed by atoms with Gasteiger partial charge in [-0.3, -0.25) is 9.20 Å². The lowest BCUT2D eigenvalue weighted by Crippen LogP contribution is -2.14. The van der Waals surface area contributed by atoms with Crippen molar-refractivity contribution < 1.29 is 0 Å². The maximum atomic E-state index is 12.0. The van der Waals surface area contributed by atoms with Crippen molar-refractivity contribution >= 4 is 23.4 Å². The molecule has 3 aromatic rings. The number of rotatable bonds is 7. The SMILES string of the molecule is O=c1cc(CSCCCNc2ncccn2)nc2ccccn12. The van der Waals surface area contributed by atoms with Crippen LogP contribution in [0.1, 0.15) is 12.1 Å². The van der Waals surface area contributed by atoms with Crippen LogP contribution in [0.3, 0.4) is 0 Å². The Bertz CT molecular complexity index is 821. The Hall–Kier alpha value is -2.41. The molecule has 0 amide bonds. The summed E-state index contributed by atoms with van der Waals surface area (Å²) in [5.41, 5.74) is 1.48. The van der Waals surface area contributed by atoms with E-state index in [1.54, 1.807) is 46.9 Å². The number of fused-ring (bicyclic) bond motifs is 1. The van der Waals surface area contributed by atoms with E-state index in [0.717, 1.165) is 30.2 Å². The van der Waals surface area contributed by atoms with Gasteiger partial charge in [0.15, 0.2) is 0 Å². The zero-order valence-electron chi connectivity index (χ0n) is 12.6. The molecule has 0 saturated heterocycles. The normalized spacial score (nSPS) is 10.8. The molecule has 0 fully saturated rings. The van der Waals surface area contributed by atoms with Crippen molar-refractivity contribution in [3.05, 3.63) is 65.0 Å². The lowest BCUT2D eigenvalue weighted by atomic mass is 10.4. The second-order valence-electron chi connectivity index (χ2n) is 4.92. The molecule has 0 aliphatic rings. The van der Waals surface area contributed by atoms with E-state index < -0.39 is 0 Å². The van der Waals surface area contributed by atoms with Crippen LogP contribution >= 0.6 is 11.8 Å². The van der Waals surface area contributed by atoms with Gasteiger partial charge in [-0.05, 0) is 30.4 Å². The molecular weight excluding hydrogens is 310 g/mol. The highest BCUT2D eigenvalue weighted by atomic mass is 32.2. The van der Waals surface area contributed by atoms with Crippen LogP contribution < -0.4 is 10.9 Å². The molecule has 7 heteroatoms. The Morgan fingerprint density at radius 3 is 2.91 bits per heavy atom. The molecule has 0 bridgehead atoms. The number of nitrogens with zero attached hydrogens (tertiary/aromatic N) is 4. The summed E-state index contributed by atoms with van der Waals surface area (Å²) in [6, 6.07) is 8.96. The van der Waals surface area contributed by atoms with Crippen LogP contribution in [0, 0.1) is 0 Å². The third-order valence-corrected chi connectivity index (χ3v) is 4.27. The van der Waals surface area contributed by atoms with Gasteiger partial charge < -0.3 is 5.32 Å². The molecule has 1 N–H and O–H groups in total. The van der Waals surface area contributed by atoms with Gasteiger partial charge in [-0.25, -0.2) is 15.0 Å². The van der Waals surface area contributed by atoms with Gasteiger partial charge in [0, 0.05) is 37.0 Å². The molecule has 6 nitrogen and oxygen atoms in total. The van der Waals surface area contributed by atoms with E-state index >= 15 is 0 Å². The van der Waals surface area contributed by atoms with Gasteiger partial charge in [-0.2, -0.15) is 11.8 Å². The third kappa shape index (κ3) is 4.29. The van der Waals surface area contributed by atoms with Crippen LogP contribution in [0.25, 0.3) is 5.65 Å². The van der Waals surface area contributed by atoms with Gasteiger partial charge >= 0.3 is 0 Å². The van der Waals surface area contributed by atoms with Crippen LogP contribution in [0.5, 0.6) is 0 Å². The third-order valence-electron chi connectivity index (χ3n) is 3.19. The number of thioether (sulfide) groups is 1. The summed E-state index contributed by atoms with van der Waals surface area (Å²) in [4.78, 5) is 24.7. The Balaban J connectivity index is 1.45. The van der Waals surface area contributed by atoms with E-state index in [4.69, 9.17) is 0 Å². The fraction of sp³-hybridized carbons (Fsp3) is 0.250. The van der Waals surface area contributed by atoms with Gasteiger partial charge in [0.05, 0.1) is 5.69 Å². The quantitative estimate of drug-likeness (QED) is 0.671. The predicted octanol–water partition coefficient (Wildman–Crippen LogP) is 2.22. The first-order valence-electron chi connectivity index (χ1n) is 7.39. The molecule has 0 atom stereocenters. The molecule has 0 aliphatic carbocycles. The minimum atomic E-state index is -0.0332. The maximum Gasteiger partial charge on any atom is 0.258 e. The zero-order chi connectivity index (χ0) is 15.9. The molecule has 23 heavy (non-hydrogen) atoms. The summed E-state index contributed by atoms with van der Waals surface area (Å²) in [6.07, 6.45) is 6.16. The molecular formula is C16H17N5OS. The summed E-state index contributed by atoms with van der Waals surface area (Å²) in [5.74, 6) is 2.37. The first kappa shape index (κ1) is 15.5. The van der Waals surface area contributed by atoms with Crippen molar-refractivity contribution in [1.82, 2.24) is 19.4 Å². The maximum absolute atomic E-state index is 12.0. The number of hydrogen-bond donors (Lipinski definition) is 1. The zero-order valence-corrected chi connectivity index (χ0v) is 13.4. The highest BCUT2D eigenvalue weighted by Crippen LogP contribution is 2.11. The Kier molecular flexibility index (Phi) is 5.21. The van der Waals surface area contributed by atoms with Gasteiger partial charge in [0.2, 0.25) is 5.95 Å². The van der Waals surface area contributed by atoms with E-state index in [9.17, 15) is 4.79 Å². The number of aromatic nitrogens is 4. The van der Waals surface area contributed by atoms with Gasteiger partial charge in [0.1, 0.15) is 5.65 Å². The predicted molar refractivity (Wildman–Crippen MR) is 92.8 cm³/mol. The fourth-order valence-corrected chi connectivity index (χ4v) is 2.97. The van der Waals surface area contributed by atoms with Crippen LogP contribution in [0.2, 0.25) is 0 Å². The highest BCUT2D eigenvalue weighted by Gasteiger charge is 2.02. The molecule has 118 valence electrons. The Morgan fingerprint density at radius 2 is 2.04 bits per heavy atom.